The Morgan fingerprint density at radius 1 is 1.64 bits per heavy atom. The minimum atomic E-state index is 0.0907. The van der Waals surface area contributed by atoms with Crippen molar-refractivity contribution in [3.8, 4) is 0 Å². The van der Waals surface area contributed by atoms with E-state index in [1.54, 1.807) is 13.2 Å². The van der Waals surface area contributed by atoms with Crippen LogP contribution in [0.3, 0.4) is 0 Å². The van der Waals surface area contributed by atoms with Crippen LogP contribution in [0, 0.1) is 0 Å². The molecule has 11 heavy (non-hydrogen) atoms. The van der Waals surface area contributed by atoms with E-state index in [9.17, 15) is 0 Å². The van der Waals surface area contributed by atoms with E-state index in [0.29, 0.717) is 6.79 Å². The molecule has 0 fully saturated rings. The fourth-order valence-electron chi connectivity index (χ4n) is 0.662. The smallest absolute Gasteiger partial charge is 0.147 e. The molecule has 1 atom stereocenters. The Labute approximate surface area is 68.5 Å². The molecule has 0 radical (unpaired) electrons. The molecular formula is C9H16O2. The largest absolute Gasteiger partial charge is 0.359 e. The van der Waals surface area contributed by atoms with Crippen molar-refractivity contribution in [3.63, 3.8) is 0 Å². The summed E-state index contributed by atoms with van der Waals surface area (Å²) >= 11 is 0. The van der Waals surface area contributed by atoms with Gasteiger partial charge in [-0.15, -0.1) is 0 Å². The molecule has 0 unspecified atom stereocenters. The second-order valence-electron chi connectivity index (χ2n) is 2.39. The van der Waals surface area contributed by atoms with Crippen LogP contribution in [0.15, 0.2) is 24.3 Å². The lowest BCUT2D eigenvalue weighted by Crippen LogP contribution is -2.07. The standard InChI is InChI=1S/C9H16O2/c1-5-8(2)6-9(3)11-7-10-4/h5-6,9H,1,7H2,2-4H3/b8-6+/t9-/m1/s1. The van der Waals surface area contributed by atoms with Gasteiger partial charge in [0.1, 0.15) is 6.79 Å². The second kappa shape index (κ2) is 6.13. The molecule has 0 aromatic heterocycles. The molecule has 0 aromatic carbocycles. The molecule has 0 saturated heterocycles. The zero-order valence-corrected chi connectivity index (χ0v) is 7.46. The number of methoxy groups -OCH3 is 1. The predicted molar refractivity (Wildman–Crippen MR) is 46.4 cm³/mol. The first kappa shape index (κ1) is 10.4. The molecule has 0 aromatic rings. The SMILES string of the molecule is C=C/C(C)=C/[C@@H](C)OCOC. The number of hydrogen-bond acceptors (Lipinski definition) is 2. The number of ether oxygens (including phenoxy) is 2. The van der Waals surface area contributed by atoms with Crippen LogP contribution in [-0.4, -0.2) is 20.0 Å². The van der Waals surface area contributed by atoms with Gasteiger partial charge < -0.3 is 9.47 Å². The quantitative estimate of drug-likeness (QED) is 0.448. The predicted octanol–water partition coefficient (Wildman–Crippen LogP) is 2.13. The summed E-state index contributed by atoms with van der Waals surface area (Å²) in [5.41, 5.74) is 1.12. The van der Waals surface area contributed by atoms with Crippen molar-refractivity contribution >= 4 is 0 Å². The van der Waals surface area contributed by atoms with Crippen molar-refractivity contribution < 1.29 is 9.47 Å². The lowest BCUT2D eigenvalue weighted by Gasteiger charge is -2.07. The maximum absolute atomic E-state index is 5.22. The van der Waals surface area contributed by atoms with Crippen molar-refractivity contribution in [3.05, 3.63) is 24.3 Å². The highest BCUT2D eigenvalue weighted by atomic mass is 16.7. The highest BCUT2D eigenvalue weighted by molar-refractivity contribution is 5.14. The maximum atomic E-state index is 5.22. The molecule has 0 aliphatic carbocycles. The van der Waals surface area contributed by atoms with E-state index in [1.807, 2.05) is 19.9 Å². The first-order valence-corrected chi connectivity index (χ1v) is 3.62. The Morgan fingerprint density at radius 2 is 2.27 bits per heavy atom. The van der Waals surface area contributed by atoms with Crippen LogP contribution in [0.4, 0.5) is 0 Å². The number of rotatable bonds is 5. The topological polar surface area (TPSA) is 18.5 Å². The fraction of sp³-hybridized carbons (Fsp3) is 0.556. The third-order valence-electron chi connectivity index (χ3n) is 1.27. The average molecular weight is 156 g/mol. The minimum Gasteiger partial charge on any atom is -0.359 e. The van der Waals surface area contributed by atoms with E-state index in [-0.39, 0.29) is 6.10 Å². The molecule has 64 valence electrons. The molecule has 0 spiro atoms. The Kier molecular flexibility index (Phi) is 5.80. The summed E-state index contributed by atoms with van der Waals surface area (Å²) in [4.78, 5) is 0. The third-order valence-corrected chi connectivity index (χ3v) is 1.27. The van der Waals surface area contributed by atoms with Gasteiger partial charge in [-0.25, -0.2) is 0 Å². The average Bonchev–Trinajstić information content (AvgIpc) is 2.00. The van der Waals surface area contributed by atoms with Crippen LogP contribution in [0.5, 0.6) is 0 Å². The molecule has 0 saturated carbocycles. The van der Waals surface area contributed by atoms with Crippen molar-refractivity contribution in [1.29, 1.82) is 0 Å². The van der Waals surface area contributed by atoms with Crippen LogP contribution in [0.2, 0.25) is 0 Å². The van der Waals surface area contributed by atoms with E-state index < -0.39 is 0 Å². The van der Waals surface area contributed by atoms with E-state index in [4.69, 9.17) is 9.47 Å². The molecule has 0 N–H and O–H groups in total. The van der Waals surface area contributed by atoms with Gasteiger partial charge in [-0.1, -0.05) is 24.3 Å². The summed E-state index contributed by atoms with van der Waals surface area (Å²) in [6.45, 7) is 7.92. The van der Waals surface area contributed by atoms with Crippen molar-refractivity contribution in [2.75, 3.05) is 13.9 Å². The first-order valence-electron chi connectivity index (χ1n) is 3.62. The Balaban J connectivity index is 3.66. The number of allylic oxidation sites excluding steroid dienone is 2. The van der Waals surface area contributed by atoms with Gasteiger partial charge in [0.05, 0.1) is 6.10 Å². The van der Waals surface area contributed by atoms with Crippen LogP contribution in [0.25, 0.3) is 0 Å². The van der Waals surface area contributed by atoms with Crippen molar-refractivity contribution in [2.24, 2.45) is 0 Å². The Hall–Kier alpha value is -0.600. The summed E-state index contributed by atoms with van der Waals surface area (Å²) in [7, 11) is 1.61. The molecule has 0 rings (SSSR count). The normalized spacial score (nSPS) is 14.6. The van der Waals surface area contributed by atoms with Gasteiger partial charge in [-0.05, 0) is 13.8 Å². The molecule has 2 heteroatoms. The summed E-state index contributed by atoms with van der Waals surface area (Å²) in [5.74, 6) is 0. The zero-order chi connectivity index (χ0) is 8.69. The molecular weight excluding hydrogens is 140 g/mol. The van der Waals surface area contributed by atoms with Crippen molar-refractivity contribution in [2.45, 2.75) is 20.0 Å². The van der Waals surface area contributed by atoms with Crippen molar-refractivity contribution in [1.82, 2.24) is 0 Å². The van der Waals surface area contributed by atoms with Gasteiger partial charge in [0.25, 0.3) is 0 Å². The van der Waals surface area contributed by atoms with Gasteiger partial charge in [0, 0.05) is 7.11 Å². The lowest BCUT2D eigenvalue weighted by atomic mass is 10.2. The van der Waals surface area contributed by atoms with Gasteiger partial charge in [-0.2, -0.15) is 0 Å². The van der Waals surface area contributed by atoms with Gasteiger partial charge >= 0.3 is 0 Å². The second-order valence-corrected chi connectivity index (χ2v) is 2.39. The first-order chi connectivity index (χ1) is 5.20. The molecule has 0 aliphatic rings. The minimum absolute atomic E-state index is 0.0907. The summed E-state index contributed by atoms with van der Waals surface area (Å²) in [5, 5.41) is 0. The summed E-state index contributed by atoms with van der Waals surface area (Å²) < 4.78 is 9.97. The van der Waals surface area contributed by atoms with E-state index >= 15 is 0 Å². The summed E-state index contributed by atoms with van der Waals surface area (Å²) in [6, 6.07) is 0. The molecule has 0 heterocycles. The molecule has 2 nitrogen and oxygen atoms in total. The van der Waals surface area contributed by atoms with E-state index in [2.05, 4.69) is 6.58 Å². The monoisotopic (exact) mass is 156 g/mol. The lowest BCUT2D eigenvalue weighted by molar-refractivity contribution is -0.0496. The third kappa shape index (κ3) is 5.83. The van der Waals surface area contributed by atoms with Gasteiger partial charge in [-0.3, -0.25) is 0 Å². The van der Waals surface area contributed by atoms with Crippen LogP contribution in [-0.2, 0) is 9.47 Å². The molecule has 0 aliphatic heterocycles. The highest BCUT2D eigenvalue weighted by Gasteiger charge is 1.95. The molecule has 0 bridgehead atoms. The van der Waals surface area contributed by atoms with E-state index in [0.717, 1.165) is 5.57 Å². The molecule has 0 amide bonds. The number of hydrogen-bond donors (Lipinski definition) is 0. The van der Waals surface area contributed by atoms with E-state index in [1.165, 1.54) is 0 Å². The fourth-order valence-corrected chi connectivity index (χ4v) is 0.662. The Morgan fingerprint density at radius 3 is 2.73 bits per heavy atom. The zero-order valence-electron chi connectivity index (χ0n) is 7.46. The highest BCUT2D eigenvalue weighted by Crippen LogP contribution is 1.99. The van der Waals surface area contributed by atoms with Crippen LogP contribution >= 0.6 is 0 Å². The Bertz CT molecular complexity index is 138. The van der Waals surface area contributed by atoms with Crippen LogP contribution in [0.1, 0.15) is 13.8 Å². The van der Waals surface area contributed by atoms with Crippen LogP contribution < -0.4 is 0 Å². The van der Waals surface area contributed by atoms with Gasteiger partial charge in [0.2, 0.25) is 0 Å². The summed E-state index contributed by atoms with van der Waals surface area (Å²) in [6.07, 6.45) is 3.88. The maximum Gasteiger partial charge on any atom is 0.147 e. The van der Waals surface area contributed by atoms with Gasteiger partial charge in [0.15, 0.2) is 0 Å².